The van der Waals surface area contributed by atoms with Crippen molar-refractivity contribution in [3.05, 3.63) is 65.2 Å². The lowest BCUT2D eigenvalue weighted by molar-refractivity contribution is 0.0940. The zero-order valence-electron chi connectivity index (χ0n) is 14.9. The largest absolute Gasteiger partial charge is 0.393 e. The maximum atomic E-state index is 12.5. The van der Waals surface area contributed by atoms with Crippen molar-refractivity contribution in [1.29, 1.82) is 5.26 Å². The summed E-state index contributed by atoms with van der Waals surface area (Å²) in [7, 11) is 0. The van der Waals surface area contributed by atoms with E-state index in [0.717, 1.165) is 37.2 Å². The predicted molar refractivity (Wildman–Crippen MR) is 101 cm³/mol. The molecule has 2 N–H and O–H groups in total. The molecule has 1 unspecified atom stereocenters. The van der Waals surface area contributed by atoms with E-state index in [4.69, 9.17) is 5.26 Å². The van der Waals surface area contributed by atoms with Gasteiger partial charge in [-0.2, -0.15) is 5.26 Å². The summed E-state index contributed by atoms with van der Waals surface area (Å²) in [6, 6.07) is 16.8. The number of anilines is 1. The van der Waals surface area contributed by atoms with Crippen LogP contribution in [-0.2, 0) is 0 Å². The second-order valence-corrected chi connectivity index (χ2v) is 6.69. The van der Waals surface area contributed by atoms with Crippen molar-refractivity contribution in [2.24, 2.45) is 0 Å². The van der Waals surface area contributed by atoms with Gasteiger partial charge >= 0.3 is 0 Å². The van der Waals surface area contributed by atoms with E-state index in [1.54, 1.807) is 12.1 Å². The van der Waals surface area contributed by atoms with Crippen LogP contribution in [0.1, 0.15) is 47.3 Å². The fourth-order valence-corrected chi connectivity index (χ4v) is 3.16. The molecule has 3 rings (SSSR count). The van der Waals surface area contributed by atoms with Gasteiger partial charge in [-0.1, -0.05) is 12.1 Å². The molecule has 0 radical (unpaired) electrons. The van der Waals surface area contributed by atoms with Crippen molar-refractivity contribution in [3.63, 3.8) is 0 Å². The first-order valence-electron chi connectivity index (χ1n) is 8.91. The molecule has 0 aromatic heterocycles. The molecule has 0 aliphatic carbocycles. The number of rotatable bonds is 4. The Kier molecular flexibility index (Phi) is 5.55. The number of nitriles is 1. The summed E-state index contributed by atoms with van der Waals surface area (Å²) in [5, 5.41) is 21.4. The van der Waals surface area contributed by atoms with Gasteiger partial charge in [0.25, 0.3) is 5.91 Å². The van der Waals surface area contributed by atoms with E-state index in [1.165, 1.54) is 0 Å². The van der Waals surface area contributed by atoms with Crippen LogP contribution in [-0.4, -0.2) is 30.2 Å². The van der Waals surface area contributed by atoms with Crippen molar-refractivity contribution < 1.29 is 9.90 Å². The van der Waals surface area contributed by atoms with Crippen LogP contribution in [0, 0.1) is 11.3 Å². The zero-order valence-corrected chi connectivity index (χ0v) is 14.9. The monoisotopic (exact) mass is 349 g/mol. The molecule has 1 fully saturated rings. The Morgan fingerprint density at radius 1 is 1.15 bits per heavy atom. The Morgan fingerprint density at radius 3 is 2.35 bits per heavy atom. The molecule has 0 bridgehead atoms. The predicted octanol–water partition coefficient (Wildman–Crippen LogP) is 3.01. The van der Waals surface area contributed by atoms with Crippen molar-refractivity contribution in [2.45, 2.75) is 31.9 Å². The molecule has 1 aliphatic heterocycles. The number of carbonyl (C=O) groups is 1. The Hall–Kier alpha value is -2.84. The number of benzene rings is 2. The second-order valence-electron chi connectivity index (χ2n) is 6.69. The van der Waals surface area contributed by atoms with Gasteiger partial charge in [0.15, 0.2) is 0 Å². The van der Waals surface area contributed by atoms with Crippen LogP contribution in [0.4, 0.5) is 5.69 Å². The molecule has 1 saturated heterocycles. The van der Waals surface area contributed by atoms with Gasteiger partial charge in [-0.05, 0) is 61.7 Å². The molecule has 1 heterocycles. The molecule has 2 aromatic rings. The van der Waals surface area contributed by atoms with Gasteiger partial charge < -0.3 is 15.3 Å². The summed E-state index contributed by atoms with van der Waals surface area (Å²) in [5.74, 6) is -0.123. The lowest BCUT2D eigenvalue weighted by Gasteiger charge is -2.31. The summed E-state index contributed by atoms with van der Waals surface area (Å²) in [6.07, 6.45) is 1.37. The summed E-state index contributed by atoms with van der Waals surface area (Å²) < 4.78 is 0. The SMILES string of the molecule is CC(NC(=O)c1ccc(N2CCC(O)CC2)cc1)c1ccc(C#N)cc1. The van der Waals surface area contributed by atoms with Crippen molar-refractivity contribution >= 4 is 11.6 Å². The zero-order chi connectivity index (χ0) is 18.5. The van der Waals surface area contributed by atoms with E-state index < -0.39 is 0 Å². The van der Waals surface area contributed by atoms with E-state index in [1.807, 2.05) is 43.3 Å². The maximum Gasteiger partial charge on any atom is 0.251 e. The number of nitrogens with one attached hydrogen (secondary N) is 1. The molecule has 1 aliphatic rings. The number of aliphatic hydroxyl groups is 1. The average molecular weight is 349 g/mol. The molecule has 5 heteroatoms. The normalized spacial score (nSPS) is 16.0. The molecule has 26 heavy (non-hydrogen) atoms. The van der Waals surface area contributed by atoms with Gasteiger partial charge in [-0.3, -0.25) is 4.79 Å². The van der Waals surface area contributed by atoms with Crippen LogP contribution in [0.15, 0.2) is 48.5 Å². The second kappa shape index (κ2) is 8.03. The topological polar surface area (TPSA) is 76.4 Å². The number of nitrogens with zero attached hydrogens (tertiary/aromatic N) is 2. The van der Waals surface area contributed by atoms with Crippen LogP contribution < -0.4 is 10.2 Å². The highest BCUT2D eigenvalue weighted by Gasteiger charge is 2.18. The van der Waals surface area contributed by atoms with Gasteiger partial charge in [0, 0.05) is 24.3 Å². The lowest BCUT2D eigenvalue weighted by atomic mass is 10.1. The number of carbonyl (C=O) groups excluding carboxylic acids is 1. The van der Waals surface area contributed by atoms with Crippen molar-refractivity contribution in [2.75, 3.05) is 18.0 Å². The fourth-order valence-electron chi connectivity index (χ4n) is 3.16. The van der Waals surface area contributed by atoms with E-state index in [9.17, 15) is 9.90 Å². The summed E-state index contributed by atoms with van der Waals surface area (Å²) in [4.78, 5) is 14.7. The van der Waals surface area contributed by atoms with E-state index in [-0.39, 0.29) is 18.1 Å². The van der Waals surface area contributed by atoms with Crippen LogP contribution in [0.3, 0.4) is 0 Å². The lowest BCUT2D eigenvalue weighted by Crippen LogP contribution is -2.35. The minimum absolute atomic E-state index is 0.123. The number of hydrogen-bond donors (Lipinski definition) is 2. The third kappa shape index (κ3) is 4.22. The first kappa shape index (κ1) is 18.0. The number of amides is 1. The van der Waals surface area contributed by atoms with Crippen LogP contribution in [0.5, 0.6) is 0 Å². The van der Waals surface area contributed by atoms with E-state index in [2.05, 4.69) is 16.3 Å². The van der Waals surface area contributed by atoms with Gasteiger partial charge in [-0.15, -0.1) is 0 Å². The Morgan fingerprint density at radius 2 is 1.77 bits per heavy atom. The molecule has 134 valence electrons. The van der Waals surface area contributed by atoms with E-state index in [0.29, 0.717) is 11.1 Å². The molecule has 1 atom stereocenters. The number of piperidine rings is 1. The highest BCUT2D eigenvalue weighted by Crippen LogP contribution is 2.21. The van der Waals surface area contributed by atoms with Crippen LogP contribution in [0.25, 0.3) is 0 Å². The molecular formula is C21H23N3O2. The van der Waals surface area contributed by atoms with Gasteiger partial charge in [0.2, 0.25) is 0 Å². The van der Waals surface area contributed by atoms with Crippen molar-refractivity contribution in [1.82, 2.24) is 5.32 Å². The Labute approximate surface area is 153 Å². The van der Waals surface area contributed by atoms with Gasteiger partial charge in [0.05, 0.1) is 23.8 Å². The maximum absolute atomic E-state index is 12.5. The summed E-state index contributed by atoms with van der Waals surface area (Å²) in [5.41, 5.74) is 3.26. The van der Waals surface area contributed by atoms with Crippen LogP contribution >= 0.6 is 0 Å². The molecular weight excluding hydrogens is 326 g/mol. The molecule has 0 spiro atoms. The molecule has 1 amide bonds. The average Bonchev–Trinajstić information content (AvgIpc) is 2.68. The van der Waals surface area contributed by atoms with Gasteiger partial charge in [0.1, 0.15) is 0 Å². The minimum atomic E-state index is -0.194. The standard InChI is InChI=1S/C21H23N3O2/c1-15(17-4-2-16(14-22)3-5-17)23-21(26)18-6-8-19(9-7-18)24-12-10-20(25)11-13-24/h2-9,15,20,25H,10-13H2,1H3,(H,23,26). The number of aliphatic hydroxyl groups excluding tert-OH is 1. The van der Waals surface area contributed by atoms with E-state index >= 15 is 0 Å². The first-order chi connectivity index (χ1) is 12.6. The summed E-state index contributed by atoms with van der Waals surface area (Å²) >= 11 is 0. The highest BCUT2D eigenvalue weighted by atomic mass is 16.3. The third-order valence-corrected chi connectivity index (χ3v) is 4.85. The summed E-state index contributed by atoms with van der Waals surface area (Å²) in [6.45, 7) is 3.59. The smallest absolute Gasteiger partial charge is 0.251 e. The molecule has 0 saturated carbocycles. The first-order valence-corrected chi connectivity index (χ1v) is 8.91. The third-order valence-electron chi connectivity index (χ3n) is 4.85. The fraction of sp³-hybridized carbons (Fsp3) is 0.333. The minimum Gasteiger partial charge on any atom is -0.393 e. The van der Waals surface area contributed by atoms with Crippen molar-refractivity contribution in [3.8, 4) is 6.07 Å². The highest BCUT2D eigenvalue weighted by molar-refractivity contribution is 5.94. The quantitative estimate of drug-likeness (QED) is 0.890. The van der Waals surface area contributed by atoms with Crippen LogP contribution in [0.2, 0.25) is 0 Å². The Bertz CT molecular complexity index is 786. The molecule has 2 aromatic carbocycles. The number of hydrogen-bond acceptors (Lipinski definition) is 4. The van der Waals surface area contributed by atoms with Gasteiger partial charge in [-0.25, -0.2) is 0 Å². The Balaban J connectivity index is 1.61. The molecule has 5 nitrogen and oxygen atoms in total.